The molecule has 3 rings (SSSR count). The Morgan fingerprint density at radius 1 is 1.10 bits per heavy atom. The Morgan fingerprint density at radius 2 is 1.83 bits per heavy atom. The number of anilines is 1. The number of amides is 1. The van der Waals surface area contributed by atoms with Crippen LogP contribution in [0.1, 0.15) is 41.5 Å². The molecule has 0 N–H and O–H groups in total. The van der Waals surface area contributed by atoms with E-state index in [1.165, 1.54) is 0 Å². The molecular formula is C22H26N2O5. The monoisotopic (exact) mass is 398 g/mol. The van der Waals surface area contributed by atoms with Gasteiger partial charge in [0.25, 0.3) is 0 Å². The molecule has 0 spiro atoms. The first-order valence-corrected chi connectivity index (χ1v) is 9.79. The molecule has 0 radical (unpaired) electrons. The second-order valence-corrected chi connectivity index (χ2v) is 7.04. The quantitative estimate of drug-likeness (QED) is 0.504. The molecule has 1 aliphatic rings. The zero-order valence-electron chi connectivity index (χ0n) is 17.1. The van der Waals surface area contributed by atoms with Gasteiger partial charge in [-0.05, 0) is 57.5 Å². The van der Waals surface area contributed by atoms with Crippen molar-refractivity contribution in [3.05, 3.63) is 47.3 Å². The van der Waals surface area contributed by atoms with Crippen LogP contribution in [0.2, 0.25) is 0 Å². The topological polar surface area (TPSA) is 77.8 Å². The van der Waals surface area contributed by atoms with Gasteiger partial charge < -0.3 is 18.9 Å². The number of nitrogens with zero attached hydrogens (tertiary/aromatic N) is 2. The van der Waals surface area contributed by atoms with Crippen molar-refractivity contribution in [1.82, 2.24) is 4.57 Å². The van der Waals surface area contributed by atoms with E-state index in [0.29, 0.717) is 17.7 Å². The second-order valence-electron chi connectivity index (χ2n) is 7.04. The summed E-state index contributed by atoms with van der Waals surface area (Å²) in [6, 6.07) is 8.81. The van der Waals surface area contributed by atoms with E-state index in [0.717, 1.165) is 36.6 Å². The van der Waals surface area contributed by atoms with Crippen molar-refractivity contribution in [3.63, 3.8) is 0 Å². The molecule has 7 heteroatoms. The van der Waals surface area contributed by atoms with Gasteiger partial charge in [-0.3, -0.25) is 9.59 Å². The van der Waals surface area contributed by atoms with Gasteiger partial charge in [0.05, 0.1) is 0 Å². The molecule has 1 fully saturated rings. The van der Waals surface area contributed by atoms with Gasteiger partial charge in [0, 0.05) is 42.1 Å². The van der Waals surface area contributed by atoms with E-state index in [-0.39, 0.29) is 24.9 Å². The summed E-state index contributed by atoms with van der Waals surface area (Å²) < 4.78 is 12.5. The number of carbonyl (C=O) groups is 3. The number of esters is 1. The van der Waals surface area contributed by atoms with Gasteiger partial charge in [-0.15, -0.1) is 0 Å². The smallest absolute Gasteiger partial charge is 0.344 e. The Labute approximate surface area is 170 Å². The number of aromatic nitrogens is 1. The number of ketones is 1. The third-order valence-electron chi connectivity index (χ3n) is 5.13. The highest BCUT2D eigenvalue weighted by molar-refractivity contribution is 5.99. The van der Waals surface area contributed by atoms with Gasteiger partial charge in [-0.25, -0.2) is 4.79 Å². The first kappa shape index (κ1) is 20.6. The van der Waals surface area contributed by atoms with Crippen molar-refractivity contribution in [2.24, 2.45) is 0 Å². The largest absolute Gasteiger partial charge is 0.482 e. The van der Waals surface area contributed by atoms with Gasteiger partial charge in [-0.2, -0.15) is 0 Å². The fraction of sp³-hybridized carbons (Fsp3) is 0.409. The molecule has 29 heavy (non-hydrogen) atoms. The molecule has 2 aromatic rings. The summed E-state index contributed by atoms with van der Waals surface area (Å²) >= 11 is 0. The average molecular weight is 398 g/mol. The van der Waals surface area contributed by atoms with E-state index in [1.54, 1.807) is 29.2 Å². The Hall–Kier alpha value is -3.09. The fourth-order valence-corrected chi connectivity index (χ4v) is 3.62. The first-order valence-electron chi connectivity index (χ1n) is 9.79. The fourth-order valence-electron chi connectivity index (χ4n) is 3.62. The summed E-state index contributed by atoms with van der Waals surface area (Å²) in [6.07, 6.45) is 1.44. The minimum atomic E-state index is -0.610. The van der Waals surface area contributed by atoms with Crippen LogP contribution in [0.25, 0.3) is 0 Å². The lowest BCUT2D eigenvalue weighted by atomic mass is 10.1. The molecule has 1 aliphatic heterocycles. The molecule has 0 saturated carbocycles. The average Bonchev–Trinajstić information content (AvgIpc) is 3.27. The summed E-state index contributed by atoms with van der Waals surface area (Å²) in [6.45, 7) is 6.74. The molecule has 1 aromatic carbocycles. The third kappa shape index (κ3) is 4.67. The van der Waals surface area contributed by atoms with Crippen LogP contribution >= 0.6 is 0 Å². The lowest BCUT2D eigenvalue weighted by molar-refractivity contribution is -0.144. The van der Waals surface area contributed by atoms with Crippen molar-refractivity contribution in [1.29, 1.82) is 0 Å². The van der Waals surface area contributed by atoms with Crippen LogP contribution in [0.5, 0.6) is 5.75 Å². The Morgan fingerprint density at radius 3 is 2.41 bits per heavy atom. The lowest BCUT2D eigenvalue weighted by Gasteiger charge is -2.16. The summed E-state index contributed by atoms with van der Waals surface area (Å²) in [5, 5.41) is 0. The number of hydrogen-bond acceptors (Lipinski definition) is 5. The highest BCUT2D eigenvalue weighted by atomic mass is 16.6. The third-order valence-corrected chi connectivity index (χ3v) is 5.13. The number of benzene rings is 1. The van der Waals surface area contributed by atoms with Crippen LogP contribution in [-0.4, -0.2) is 42.0 Å². The maximum atomic E-state index is 12.4. The number of Topliss-reactive ketones (excluding diaryl/α,β-unsaturated/α-hetero) is 1. The van der Waals surface area contributed by atoms with E-state index >= 15 is 0 Å². The standard InChI is InChI=1S/C22H26N2O5/c1-4-23-15(2)12-19(16(23)3)20(25)13-29-22(27)14-28-18-9-7-17(8-10-18)24-11-5-6-21(24)26/h7-10,12H,4-6,11,13-14H2,1-3H3. The van der Waals surface area contributed by atoms with Crippen molar-refractivity contribution in [2.75, 3.05) is 24.7 Å². The summed E-state index contributed by atoms with van der Waals surface area (Å²) in [5.74, 6) is -0.228. The van der Waals surface area contributed by atoms with Crippen LogP contribution in [0.15, 0.2) is 30.3 Å². The molecule has 1 aromatic heterocycles. The zero-order valence-corrected chi connectivity index (χ0v) is 17.1. The zero-order chi connectivity index (χ0) is 21.0. The van der Waals surface area contributed by atoms with Crippen molar-refractivity contribution in [3.8, 4) is 5.75 Å². The normalized spacial score (nSPS) is 13.6. The van der Waals surface area contributed by atoms with Gasteiger partial charge >= 0.3 is 5.97 Å². The van der Waals surface area contributed by atoms with Gasteiger partial charge in [0.15, 0.2) is 13.2 Å². The van der Waals surface area contributed by atoms with E-state index in [2.05, 4.69) is 0 Å². The predicted octanol–water partition coefficient (Wildman–Crippen LogP) is 3.06. The van der Waals surface area contributed by atoms with E-state index in [1.807, 2.05) is 31.4 Å². The van der Waals surface area contributed by atoms with E-state index in [4.69, 9.17) is 9.47 Å². The van der Waals surface area contributed by atoms with Crippen molar-refractivity contribution < 1.29 is 23.9 Å². The highest BCUT2D eigenvalue weighted by Gasteiger charge is 2.21. The predicted molar refractivity (Wildman–Crippen MR) is 108 cm³/mol. The van der Waals surface area contributed by atoms with Crippen molar-refractivity contribution in [2.45, 2.75) is 40.2 Å². The molecular weight excluding hydrogens is 372 g/mol. The van der Waals surface area contributed by atoms with Crippen LogP contribution in [0.3, 0.4) is 0 Å². The van der Waals surface area contributed by atoms with Crippen LogP contribution in [0.4, 0.5) is 5.69 Å². The Balaban J connectivity index is 1.47. The molecule has 154 valence electrons. The molecule has 1 amide bonds. The van der Waals surface area contributed by atoms with Gasteiger partial charge in [0.1, 0.15) is 5.75 Å². The summed E-state index contributed by atoms with van der Waals surface area (Å²) in [5.41, 5.74) is 3.27. The molecule has 1 saturated heterocycles. The molecule has 0 aliphatic carbocycles. The molecule has 0 unspecified atom stereocenters. The molecule has 2 heterocycles. The summed E-state index contributed by atoms with van der Waals surface area (Å²) in [4.78, 5) is 37.8. The number of aryl methyl sites for hydroxylation is 1. The summed E-state index contributed by atoms with van der Waals surface area (Å²) in [7, 11) is 0. The molecule has 0 bridgehead atoms. The first-order chi connectivity index (χ1) is 13.9. The SMILES string of the molecule is CCn1c(C)cc(C(=O)COC(=O)COc2ccc(N3CCCC3=O)cc2)c1C. The highest BCUT2D eigenvalue weighted by Crippen LogP contribution is 2.24. The Kier molecular flexibility index (Phi) is 6.36. The number of ether oxygens (including phenoxy) is 2. The molecule has 7 nitrogen and oxygen atoms in total. The second kappa shape index (κ2) is 8.94. The van der Waals surface area contributed by atoms with Gasteiger partial charge in [0.2, 0.25) is 11.7 Å². The maximum absolute atomic E-state index is 12.4. The number of carbonyl (C=O) groups excluding carboxylic acids is 3. The minimum absolute atomic E-state index is 0.117. The number of hydrogen-bond donors (Lipinski definition) is 0. The van der Waals surface area contributed by atoms with E-state index in [9.17, 15) is 14.4 Å². The minimum Gasteiger partial charge on any atom is -0.482 e. The Bertz CT molecular complexity index is 914. The van der Waals surface area contributed by atoms with Crippen LogP contribution in [-0.2, 0) is 20.9 Å². The van der Waals surface area contributed by atoms with E-state index < -0.39 is 5.97 Å². The lowest BCUT2D eigenvalue weighted by Crippen LogP contribution is -2.23. The maximum Gasteiger partial charge on any atom is 0.344 e. The van der Waals surface area contributed by atoms with Gasteiger partial charge in [-0.1, -0.05) is 0 Å². The van der Waals surface area contributed by atoms with Crippen molar-refractivity contribution >= 4 is 23.3 Å². The molecule has 0 atom stereocenters. The van der Waals surface area contributed by atoms with Crippen LogP contribution < -0.4 is 9.64 Å². The number of rotatable bonds is 8. The van der Waals surface area contributed by atoms with Crippen LogP contribution in [0, 0.1) is 13.8 Å².